The van der Waals surface area contributed by atoms with E-state index in [2.05, 4.69) is 36.3 Å². The number of benzene rings is 2. The van der Waals surface area contributed by atoms with E-state index in [9.17, 15) is 28.8 Å². The first-order chi connectivity index (χ1) is 25.2. The minimum Gasteiger partial charge on any atom is -0.496 e. The highest BCUT2D eigenvalue weighted by atomic mass is 16.8. The molecule has 1 saturated heterocycles. The van der Waals surface area contributed by atoms with Crippen LogP contribution in [-0.4, -0.2) is 80.7 Å². The van der Waals surface area contributed by atoms with Crippen LogP contribution in [-0.2, 0) is 55.9 Å². The summed E-state index contributed by atoms with van der Waals surface area (Å²) in [5, 5.41) is 6.16. The van der Waals surface area contributed by atoms with Gasteiger partial charge in [0.05, 0.1) is 25.3 Å². The van der Waals surface area contributed by atoms with Crippen LogP contribution in [0.15, 0.2) is 48.7 Å². The number of imide groups is 1. The lowest BCUT2D eigenvalue weighted by Gasteiger charge is -2.17. The number of carbonyl (C=O) groups is 6. The molecule has 1 unspecified atom stereocenters. The number of rotatable bonds is 23. The molecule has 1 aliphatic heterocycles. The molecule has 0 bridgehead atoms. The molecule has 1 fully saturated rings. The third kappa shape index (κ3) is 12.0. The lowest BCUT2D eigenvalue weighted by atomic mass is 9.94. The average molecular weight is 720 g/mol. The van der Waals surface area contributed by atoms with Crippen molar-refractivity contribution in [2.45, 2.75) is 83.5 Å². The van der Waals surface area contributed by atoms with E-state index in [4.69, 9.17) is 19.0 Å². The zero-order chi connectivity index (χ0) is 37.3. The van der Waals surface area contributed by atoms with Crippen LogP contribution in [0.1, 0.15) is 92.9 Å². The van der Waals surface area contributed by atoms with Gasteiger partial charge in [-0.3, -0.25) is 24.0 Å². The van der Waals surface area contributed by atoms with Gasteiger partial charge in [-0.15, -0.1) is 0 Å². The molecule has 0 radical (unpaired) electrons. The van der Waals surface area contributed by atoms with Crippen LogP contribution in [0.3, 0.4) is 0 Å². The number of hydrogen-bond donors (Lipinski definition) is 2. The van der Waals surface area contributed by atoms with E-state index >= 15 is 0 Å². The summed E-state index contributed by atoms with van der Waals surface area (Å²) in [5.74, 6) is -1.32. The fourth-order valence-corrected chi connectivity index (χ4v) is 6.09. The summed E-state index contributed by atoms with van der Waals surface area (Å²) >= 11 is 0. The smallest absolute Gasteiger partial charge is 0.496 e. The van der Waals surface area contributed by atoms with Gasteiger partial charge in [0.25, 0.3) is 11.8 Å². The SMILES string of the molecule is C=C(CC=O)OCCNC(=O)CCCc1ccc2c(c1)C(COC(=O)ON1C(=O)CCC1=O)c1cc(CCCC(=O)NCCOCCCC)ccc1-2. The molecule has 13 heteroatoms. The maximum absolute atomic E-state index is 12.6. The van der Waals surface area contributed by atoms with E-state index in [0.717, 1.165) is 46.2 Å². The van der Waals surface area contributed by atoms with Crippen molar-refractivity contribution in [2.75, 3.05) is 39.5 Å². The van der Waals surface area contributed by atoms with Gasteiger partial charge in [0.1, 0.15) is 19.5 Å². The van der Waals surface area contributed by atoms with Gasteiger partial charge in [-0.25, -0.2) is 4.79 Å². The van der Waals surface area contributed by atoms with Gasteiger partial charge in [-0.2, -0.15) is 0 Å². The quantitative estimate of drug-likeness (QED) is 0.0534. The highest BCUT2D eigenvalue weighted by molar-refractivity contribution is 6.01. The maximum atomic E-state index is 12.6. The first-order valence-corrected chi connectivity index (χ1v) is 18.0. The van der Waals surface area contributed by atoms with Crippen molar-refractivity contribution >= 4 is 36.1 Å². The molecule has 1 aliphatic carbocycles. The predicted molar refractivity (Wildman–Crippen MR) is 191 cm³/mol. The van der Waals surface area contributed by atoms with Crippen LogP contribution in [0.25, 0.3) is 11.1 Å². The summed E-state index contributed by atoms with van der Waals surface area (Å²) in [4.78, 5) is 76.7. The zero-order valence-corrected chi connectivity index (χ0v) is 29.9. The number of aldehydes is 1. The molecule has 0 spiro atoms. The molecule has 2 N–H and O–H groups in total. The number of nitrogens with zero attached hydrogens (tertiary/aromatic N) is 1. The first kappa shape index (κ1) is 39.7. The Balaban J connectivity index is 1.36. The van der Waals surface area contributed by atoms with Gasteiger partial charge in [0, 0.05) is 44.8 Å². The Morgan fingerprint density at radius 1 is 0.827 bits per heavy atom. The van der Waals surface area contributed by atoms with Gasteiger partial charge in [-0.05, 0) is 65.5 Å². The van der Waals surface area contributed by atoms with Crippen molar-refractivity contribution < 1.29 is 47.8 Å². The van der Waals surface area contributed by atoms with E-state index in [-0.39, 0.29) is 50.2 Å². The van der Waals surface area contributed by atoms with Crippen molar-refractivity contribution in [3.63, 3.8) is 0 Å². The van der Waals surface area contributed by atoms with Crippen LogP contribution in [0.4, 0.5) is 4.79 Å². The normalized spacial score (nSPS) is 14.4. The number of nitrogens with one attached hydrogen (secondary N) is 2. The van der Waals surface area contributed by atoms with Crippen LogP contribution in [0, 0.1) is 0 Å². The topological polar surface area (TPSA) is 167 Å². The molecule has 2 aliphatic rings. The summed E-state index contributed by atoms with van der Waals surface area (Å²) in [5.41, 5.74) is 5.94. The molecule has 280 valence electrons. The fourth-order valence-electron chi connectivity index (χ4n) is 6.09. The van der Waals surface area contributed by atoms with E-state index in [0.29, 0.717) is 81.9 Å². The lowest BCUT2D eigenvalue weighted by Crippen LogP contribution is -2.32. The molecule has 2 aromatic carbocycles. The molecule has 2 aromatic rings. The maximum Gasteiger partial charge on any atom is 0.533 e. The van der Waals surface area contributed by atoms with Gasteiger partial charge in [0.15, 0.2) is 0 Å². The van der Waals surface area contributed by atoms with Gasteiger partial charge in [-0.1, -0.05) is 61.4 Å². The van der Waals surface area contributed by atoms with E-state index in [1.807, 2.05) is 24.3 Å². The number of aryl methyl sites for hydroxylation is 2. The van der Waals surface area contributed by atoms with Gasteiger partial charge >= 0.3 is 6.16 Å². The second-order valence-electron chi connectivity index (χ2n) is 12.8. The second-order valence-corrected chi connectivity index (χ2v) is 12.8. The Bertz CT molecular complexity index is 1590. The molecule has 1 atom stereocenters. The van der Waals surface area contributed by atoms with Gasteiger partial charge < -0.3 is 29.6 Å². The largest absolute Gasteiger partial charge is 0.533 e. The van der Waals surface area contributed by atoms with Crippen molar-refractivity contribution in [1.82, 2.24) is 15.7 Å². The highest BCUT2D eigenvalue weighted by Crippen LogP contribution is 2.46. The van der Waals surface area contributed by atoms with Crippen molar-refractivity contribution in [2.24, 2.45) is 0 Å². The van der Waals surface area contributed by atoms with Crippen LogP contribution in [0.5, 0.6) is 0 Å². The van der Waals surface area contributed by atoms with Crippen molar-refractivity contribution in [1.29, 1.82) is 0 Å². The zero-order valence-electron chi connectivity index (χ0n) is 29.9. The molecule has 1 heterocycles. The Kier molecular flexibility index (Phi) is 15.8. The summed E-state index contributed by atoms with van der Waals surface area (Å²) < 4.78 is 16.3. The fraction of sp³-hybridized carbons (Fsp3) is 0.487. The second kappa shape index (κ2) is 20.7. The van der Waals surface area contributed by atoms with Crippen molar-refractivity contribution in [3.05, 3.63) is 71.0 Å². The number of amides is 4. The number of unbranched alkanes of at least 4 members (excludes halogenated alkanes) is 1. The molecular weight excluding hydrogens is 670 g/mol. The predicted octanol–water partition coefficient (Wildman–Crippen LogP) is 4.83. The summed E-state index contributed by atoms with van der Waals surface area (Å²) in [7, 11) is 0. The molecule has 13 nitrogen and oxygen atoms in total. The first-order valence-electron chi connectivity index (χ1n) is 18.0. The lowest BCUT2D eigenvalue weighted by molar-refractivity contribution is -0.177. The molecule has 0 aromatic heterocycles. The minimum absolute atomic E-state index is 0.0229. The molecule has 0 saturated carbocycles. The average Bonchev–Trinajstić information content (AvgIpc) is 3.61. The summed E-state index contributed by atoms with van der Waals surface area (Å²) in [6.45, 7) is 7.85. The molecule has 52 heavy (non-hydrogen) atoms. The monoisotopic (exact) mass is 719 g/mol. The van der Waals surface area contributed by atoms with Crippen LogP contribution >= 0.6 is 0 Å². The van der Waals surface area contributed by atoms with Crippen LogP contribution in [0.2, 0.25) is 0 Å². The number of hydrogen-bond acceptors (Lipinski definition) is 10. The molecule has 4 amide bonds. The third-order valence-corrected chi connectivity index (χ3v) is 8.80. The Morgan fingerprint density at radius 3 is 1.96 bits per heavy atom. The number of allylic oxidation sites excluding steroid dienone is 1. The van der Waals surface area contributed by atoms with Gasteiger partial charge in [0.2, 0.25) is 11.8 Å². The number of fused-ring (bicyclic) bond motifs is 3. The van der Waals surface area contributed by atoms with E-state index < -0.39 is 18.0 Å². The van der Waals surface area contributed by atoms with Crippen molar-refractivity contribution in [3.8, 4) is 11.1 Å². The van der Waals surface area contributed by atoms with E-state index in [1.54, 1.807) is 0 Å². The summed E-state index contributed by atoms with van der Waals surface area (Å²) in [6.07, 6.45) is 4.96. The minimum atomic E-state index is -1.14. The number of ether oxygens (including phenoxy) is 3. The number of carbonyl (C=O) groups excluding carboxylic acids is 6. The highest BCUT2D eigenvalue weighted by Gasteiger charge is 2.35. The third-order valence-electron chi connectivity index (χ3n) is 8.80. The number of hydroxylamine groups is 2. The van der Waals surface area contributed by atoms with Crippen LogP contribution < -0.4 is 10.6 Å². The standard InChI is InChI=1S/C39H49N3O10/c1-3-4-21-49-22-18-40-35(44)9-5-7-28-11-13-30-31-14-12-29(8-6-10-36(45)41-19-23-50-27(2)17-20-43)25-33(31)34(32(30)24-28)26-51-39(48)52-42-37(46)15-16-38(42)47/h11-14,20,24-25,34H,2-10,15-19,21-23,26H2,1H3,(H,40,44)(H,41,45). The Morgan fingerprint density at radius 2 is 1.40 bits per heavy atom. The molecular formula is C39H49N3O10. The molecule has 4 rings (SSSR count). The Hall–Kier alpha value is -5.04. The van der Waals surface area contributed by atoms with E-state index in [1.165, 1.54) is 0 Å². The Labute approximate surface area is 304 Å². The summed E-state index contributed by atoms with van der Waals surface area (Å²) in [6, 6.07) is 12.3.